The Hall–Kier alpha value is -5.12. The monoisotopic (exact) mass is 1230 g/mol. The summed E-state index contributed by atoms with van der Waals surface area (Å²) in [5.74, 6) is -7.07. The molecule has 2 aliphatic carbocycles. The van der Waals surface area contributed by atoms with E-state index in [-0.39, 0.29) is 156 Å². The van der Waals surface area contributed by atoms with Gasteiger partial charge in [0, 0.05) is 51.2 Å². The average Bonchev–Trinajstić information content (AvgIpc) is 4.44. The number of aliphatic carboxylic acids is 2. The molecule has 0 radical (unpaired) electrons. The van der Waals surface area contributed by atoms with Crippen molar-refractivity contribution in [2.24, 2.45) is 11.8 Å². The van der Waals surface area contributed by atoms with Crippen LogP contribution in [0, 0.1) is 23.5 Å². The molecule has 4 aromatic rings. The normalized spacial score (nSPS) is 22.4. The SMILES string of the molecule is O=C(O)[C@@H]1CCCN1C(=O)c1cc(C2CC2)c(OCC2CCN([C@@H](c3cc(Cl)c(C4C[C@@H](C(=O)O)N(C(=O)c5cc(C6CC6)c(OCC6CCN([C@H](c7cc(Cl)cc(Cl)c7)C(F)(F)F)CC6)cc5F)C4)c(Cl)c3)C(F)(F)F)CC2)cc1F. The van der Waals surface area contributed by atoms with Crippen LogP contribution in [0.15, 0.2) is 54.6 Å². The first-order valence-corrected chi connectivity index (χ1v) is 28.9. The van der Waals surface area contributed by atoms with E-state index in [2.05, 4.69) is 0 Å². The van der Waals surface area contributed by atoms with Crippen molar-refractivity contribution in [2.45, 2.75) is 125 Å². The van der Waals surface area contributed by atoms with Gasteiger partial charge in [0.2, 0.25) is 0 Å². The van der Waals surface area contributed by atoms with Gasteiger partial charge in [0.1, 0.15) is 47.3 Å². The number of carbonyl (C=O) groups excluding carboxylic acids is 2. The van der Waals surface area contributed by atoms with Crippen LogP contribution in [0.1, 0.15) is 149 Å². The van der Waals surface area contributed by atoms with E-state index in [1.54, 1.807) is 0 Å². The van der Waals surface area contributed by atoms with Crippen LogP contribution in [-0.4, -0.2) is 130 Å². The molecule has 0 aromatic heterocycles. The number of carboxylic acid groups (broad SMARTS) is 2. The lowest BCUT2D eigenvalue weighted by molar-refractivity contribution is -0.190. The molecule has 12 nitrogen and oxygen atoms in total. The molecule has 2 N–H and O–H groups in total. The summed E-state index contributed by atoms with van der Waals surface area (Å²) >= 11 is 25.7. The Kier molecular flexibility index (Phi) is 17.6. The van der Waals surface area contributed by atoms with E-state index in [1.807, 2.05) is 0 Å². The molecule has 4 aromatic carbocycles. The number of nitrogens with zero attached hydrogens (tertiary/aromatic N) is 4. The van der Waals surface area contributed by atoms with Crippen LogP contribution in [0.2, 0.25) is 20.1 Å². The molecule has 24 heteroatoms. The lowest BCUT2D eigenvalue weighted by Gasteiger charge is -2.38. The first-order valence-electron chi connectivity index (χ1n) is 27.4. The van der Waals surface area contributed by atoms with Crippen molar-refractivity contribution in [3.63, 3.8) is 0 Å². The molecule has 2 saturated carbocycles. The number of carboxylic acids is 2. The number of piperidine rings is 2. The number of rotatable bonds is 17. The zero-order chi connectivity index (χ0) is 58.7. The van der Waals surface area contributed by atoms with E-state index >= 15 is 22.0 Å². The maximum Gasteiger partial charge on any atom is 0.408 e. The molecule has 0 bridgehead atoms. The van der Waals surface area contributed by atoms with E-state index in [9.17, 15) is 42.6 Å². The van der Waals surface area contributed by atoms with E-state index in [1.165, 1.54) is 45.0 Å². The number of halogens is 12. The standard InChI is InChI=1S/C58H58Cl4F8N4O8/c59-36-16-33(17-37(60)21-36)51(57(65,66)67)71-12-7-29(8-13-71)27-82-49-25-45(64)41(23-39(49)32-5-6-32)54(76)74-26-35(20-47(74)56(79)80)50-42(61)18-34(19-43(50)62)52(58(68,69)70)72-14-9-30(10-15-72)28-81-48-24-44(63)40(22-38(48)31-3-4-31)53(75)73-11-1-2-46(73)55(77)78/h16-19,21-25,29-32,35,46-47,51-52H,1-15,20,26-28H2,(H,77,78)(H,79,80)/t35?,46-,47-,51+,52-/m0/s1. The fourth-order valence-electron chi connectivity index (χ4n) is 12.5. The average molecular weight is 1230 g/mol. The highest BCUT2D eigenvalue weighted by Gasteiger charge is 2.49. The van der Waals surface area contributed by atoms with Crippen LogP contribution >= 0.6 is 46.4 Å². The van der Waals surface area contributed by atoms with Gasteiger partial charge in [-0.1, -0.05) is 46.4 Å². The largest absolute Gasteiger partial charge is 0.493 e. The highest BCUT2D eigenvalue weighted by Crippen LogP contribution is 2.50. The molecular weight excluding hydrogens is 1170 g/mol. The Morgan fingerprint density at radius 2 is 0.963 bits per heavy atom. The van der Waals surface area contributed by atoms with Crippen LogP contribution in [0.5, 0.6) is 11.5 Å². The van der Waals surface area contributed by atoms with Gasteiger partial charge in [-0.25, -0.2) is 18.4 Å². The summed E-state index contributed by atoms with van der Waals surface area (Å²) in [5, 5.41) is 19.8. The number of amides is 2. The van der Waals surface area contributed by atoms with E-state index in [0.717, 1.165) is 42.0 Å². The van der Waals surface area contributed by atoms with Crippen molar-refractivity contribution in [3.05, 3.63) is 125 Å². The van der Waals surface area contributed by atoms with Crippen molar-refractivity contribution < 1.29 is 74.0 Å². The molecule has 4 heterocycles. The van der Waals surface area contributed by atoms with Gasteiger partial charge >= 0.3 is 24.3 Å². The molecule has 6 fully saturated rings. The van der Waals surface area contributed by atoms with Crippen molar-refractivity contribution in [3.8, 4) is 11.5 Å². The summed E-state index contributed by atoms with van der Waals surface area (Å²) in [7, 11) is 0. The summed E-state index contributed by atoms with van der Waals surface area (Å²) in [6.45, 7) is 0.112. The van der Waals surface area contributed by atoms with Crippen LogP contribution in [-0.2, 0) is 9.59 Å². The minimum Gasteiger partial charge on any atom is -0.493 e. The fraction of sp³-hybridized carbons (Fsp3) is 0.517. The smallest absolute Gasteiger partial charge is 0.408 e. The van der Waals surface area contributed by atoms with Gasteiger partial charge in [-0.2, -0.15) is 26.3 Å². The van der Waals surface area contributed by atoms with E-state index in [0.29, 0.717) is 43.2 Å². The second-order valence-electron chi connectivity index (χ2n) is 22.6. The predicted molar refractivity (Wildman–Crippen MR) is 288 cm³/mol. The van der Waals surface area contributed by atoms with Crippen LogP contribution < -0.4 is 9.47 Å². The molecule has 4 aliphatic heterocycles. The van der Waals surface area contributed by atoms with Crippen molar-refractivity contribution in [1.82, 2.24) is 19.6 Å². The van der Waals surface area contributed by atoms with Gasteiger partial charge in [-0.05, 0) is 191 Å². The summed E-state index contributed by atoms with van der Waals surface area (Å²) in [6, 6.07) is 4.48. The Labute approximate surface area is 487 Å². The zero-order valence-corrected chi connectivity index (χ0v) is 47.0. The van der Waals surface area contributed by atoms with Crippen molar-refractivity contribution in [2.75, 3.05) is 52.5 Å². The summed E-state index contributed by atoms with van der Waals surface area (Å²) in [6.07, 6.45) is -4.75. The first kappa shape index (κ1) is 60.0. The zero-order valence-electron chi connectivity index (χ0n) is 44.0. The molecule has 442 valence electrons. The number of ether oxygens (including phenoxy) is 2. The minimum absolute atomic E-state index is 0.0102. The number of hydrogen-bond acceptors (Lipinski definition) is 8. The minimum atomic E-state index is -4.81. The van der Waals surface area contributed by atoms with Crippen LogP contribution in [0.3, 0.4) is 0 Å². The van der Waals surface area contributed by atoms with Gasteiger partial charge in [0.25, 0.3) is 11.8 Å². The molecular formula is C58H58Cl4F8N4O8. The maximum atomic E-state index is 16.2. The van der Waals surface area contributed by atoms with Crippen LogP contribution in [0.25, 0.3) is 0 Å². The third kappa shape index (κ3) is 13.1. The van der Waals surface area contributed by atoms with Crippen molar-refractivity contribution >= 4 is 70.2 Å². The van der Waals surface area contributed by atoms with Crippen LogP contribution in [0.4, 0.5) is 35.1 Å². The number of alkyl halides is 6. The van der Waals surface area contributed by atoms with Gasteiger partial charge in [-0.3, -0.25) is 19.4 Å². The summed E-state index contributed by atoms with van der Waals surface area (Å²) in [5.41, 5.74) is 0.270. The van der Waals surface area contributed by atoms with Gasteiger partial charge in [0.05, 0.1) is 24.3 Å². The number of hydrogen-bond donors (Lipinski definition) is 2. The van der Waals surface area contributed by atoms with Gasteiger partial charge < -0.3 is 29.5 Å². The quantitative estimate of drug-likeness (QED) is 0.0982. The second-order valence-corrected chi connectivity index (χ2v) is 24.3. The Bertz CT molecular complexity index is 3070. The predicted octanol–water partition coefficient (Wildman–Crippen LogP) is 13.9. The van der Waals surface area contributed by atoms with Gasteiger partial charge in [0.15, 0.2) is 0 Å². The second kappa shape index (κ2) is 24.1. The fourth-order valence-corrected chi connectivity index (χ4v) is 13.9. The van der Waals surface area contributed by atoms with E-state index in [4.69, 9.17) is 55.9 Å². The molecule has 6 aliphatic rings. The van der Waals surface area contributed by atoms with Gasteiger partial charge in [-0.15, -0.1) is 0 Å². The third-order valence-corrected chi connectivity index (χ3v) is 18.0. The number of likely N-dealkylation sites (tertiary alicyclic amines) is 4. The summed E-state index contributed by atoms with van der Waals surface area (Å²) < 4.78 is 133. The Balaban J connectivity index is 0.779. The topological polar surface area (TPSA) is 140 Å². The third-order valence-electron chi connectivity index (χ3n) is 17.0. The molecule has 10 rings (SSSR count). The maximum absolute atomic E-state index is 16.2. The molecule has 1 unspecified atom stereocenters. The molecule has 0 spiro atoms. The number of carbonyl (C=O) groups is 4. The molecule has 5 atom stereocenters. The highest BCUT2D eigenvalue weighted by molar-refractivity contribution is 6.36. The molecule has 4 saturated heterocycles. The van der Waals surface area contributed by atoms with Crippen molar-refractivity contribution in [1.29, 1.82) is 0 Å². The Morgan fingerprint density at radius 3 is 1.38 bits per heavy atom. The number of benzene rings is 4. The first-order chi connectivity index (χ1) is 38.8. The van der Waals surface area contributed by atoms with E-state index < -0.39 is 83.4 Å². The summed E-state index contributed by atoms with van der Waals surface area (Å²) in [4.78, 5) is 56.9. The molecule has 2 amide bonds. The molecule has 82 heavy (non-hydrogen) atoms. The Morgan fingerprint density at radius 1 is 0.537 bits per heavy atom. The lowest BCUT2D eigenvalue weighted by Crippen LogP contribution is -2.44. The highest BCUT2D eigenvalue weighted by atomic mass is 35.5. The lowest BCUT2D eigenvalue weighted by atomic mass is 9.91.